The number of aromatic nitrogens is 1. The van der Waals surface area contributed by atoms with Crippen molar-refractivity contribution in [1.82, 2.24) is 4.57 Å². The summed E-state index contributed by atoms with van der Waals surface area (Å²) in [5, 5.41) is 7.62. The summed E-state index contributed by atoms with van der Waals surface area (Å²) in [4.78, 5) is 2.47. The highest BCUT2D eigenvalue weighted by atomic mass is 15.1. The molecule has 2 nitrogen and oxygen atoms in total. The van der Waals surface area contributed by atoms with E-state index in [-0.39, 0.29) is 0 Å². The van der Waals surface area contributed by atoms with E-state index in [1.165, 1.54) is 93.5 Å². The minimum absolute atomic E-state index is 1.11. The minimum atomic E-state index is 1.11. The van der Waals surface area contributed by atoms with Gasteiger partial charge in [0.2, 0.25) is 0 Å². The van der Waals surface area contributed by atoms with E-state index in [1.54, 1.807) is 0 Å². The van der Waals surface area contributed by atoms with Gasteiger partial charge in [0.05, 0.1) is 22.4 Å². The molecular formula is C56H36N2. The first-order valence-electron chi connectivity index (χ1n) is 20.0. The van der Waals surface area contributed by atoms with E-state index in [0.29, 0.717) is 0 Å². The predicted molar refractivity (Wildman–Crippen MR) is 246 cm³/mol. The van der Waals surface area contributed by atoms with Crippen molar-refractivity contribution in [1.29, 1.82) is 0 Å². The van der Waals surface area contributed by atoms with E-state index in [1.807, 2.05) is 0 Å². The Bertz CT molecular complexity index is 3390. The van der Waals surface area contributed by atoms with Crippen LogP contribution in [0.15, 0.2) is 218 Å². The molecule has 270 valence electrons. The number of para-hydroxylation sites is 3. The van der Waals surface area contributed by atoms with Gasteiger partial charge in [0.25, 0.3) is 0 Å². The van der Waals surface area contributed by atoms with Crippen molar-refractivity contribution in [2.75, 3.05) is 4.90 Å². The van der Waals surface area contributed by atoms with Crippen molar-refractivity contribution in [3.05, 3.63) is 218 Å². The van der Waals surface area contributed by atoms with Crippen LogP contribution in [0.25, 0.3) is 93.5 Å². The van der Waals surface area contributed by atoms with Crippen LogP contribution in [-0.4, -0.2) is 4.57 Å². The SMILES string of the molecule is c1ccc(-c2ccccc2N(c2ccc3c(c2)-c2c4ccccc4cc4cccc-3c24)c2ccc3c(c2)c2ccccc2n3-c2ccccc2-c2ccccc2)cc1. The summed E-state index contributed by atoms with van der Waals surface area (Å²) >= 11 is 0. The molecule has 11 aromatic rings. The molecule has 0 saturated carbocycles. The number of hydrogen-bond donors (Lipinski definition) is 0. The van der Waals surface area contributed by atoms with Crippen molar-refractivity contribution in [2.45, 2.75) is 0 Å². The maximum atomic E-state index is 2.47. The first-order valence-corrected chi connectivity index (χ1v) is 20.0. The fourth-order valence-corrected chi connectivity index (χ4v) is 9.59. The summed E-state index contributed by atoms with van der Waals surface area (Å²) in [5.74, 6) is 0. The van der Waals surface area contributed by atoms with Crippen LogP contribution in [0, 0.1) is 0 Å². The highest BCUT2D eigenvalue weighted by Crippen LogP contribution is 2.53. The second-order valence-corrected chi connectivity index (χ2v) is 15.3. The molecule has 0 N–H and O–H groups in total. The monoisotopic (exact) mass is 736 g/mol. The lowest BCUT2D eigenvalue weighted by molar-refractivity contribution is 1.18. The lowest BCUT2D eigenvalue weighted by atomic mass is 9.95. The van der Waals surface area contributed by atoms with E-state index < -0.39 is 0 Å². The van der Waals surface area contributed by atoms with Crippen molar-refractivity contribution < 1.29 is 0 Å². The van der Waals surface area contributed by atoms with Crippen molar-refractivity contribution in [3.8, 4) is 50.2 Å². The van der Waals surface area contributed by atoms with Gasteiger partial charge in [-0.05, 0) is 110 Å². The molecular weight excluding hydrogens is 701 g/mol. The van der Waals surface area contributed by atoms with Crippen LogP contribution in [0.5, 0.6) is 0 Å². The number of fused-ring (bicyclic) bond motifs is 8. The van der Waals surface area contributed by atoms with Gasteiger partial charge in [-0.3, -0.25) is 0 Å². The maximum Gasteiger partial charge on any atom is 0.0542 e. The Morgan fingerprint density at radius 1 is 0.328 bits per heavy atom. The summed E-state index contributed by atoms with van der Waals surface area (Å²) in [6.45, 7) is 0. The average Bonchev–Trinajstić information content (AvgIpc) is 3.81. The number of benzene rings is 10. The number of nitrogens with zero attached hydrogens (tertiary/aromatic N) is 2. The zero-order valence-electron chi connectivity index (χ0n) is 31.7. The molecule has 0 atom stereocenters. The van der Waals surface area contributed by atoms with Gasteiger partial charge in [0, 0.05) is 33.3 Å². The Balaban J connectivity index is 1.12. The Hall–Kier alpha value is -7.68. The molecule has 1 heterocycles. The normalized spacial score (nSPS) is 11.8. The fraction of sp³-hybridized carbons (Fsp3) is 0. The van der Waals surface area contributed by atoms with Crippen LogP contribution in [0.3, 0.4) is 0 Å². The van der Waals surface area contributed by atoms with Crippen LogP contribution < -0.4 is 4.90 Å². The molecule has 0 radical (unpaired) electrons. The topological polar surface area (TPSA) is 8.17 Å². The van der Waals surface area contributed by atoms with Gasteiger partial charge >= 0.3 is 0 Å². The van der Waals surface area contributed by atoms with Crippen molar-refractivity contribution in [2.24, 2.45) is 0 Å². The van der Waals surface area contributed by atoms with E-state index in [9.17, 15) is 0 Å². The largest absolute Gasteiger partial charge is 0.310 e. The van der Waals surface area contributed by atoms with Gasteiger partial charge in [0.1, 0.15) is 0 Å². The fourth-order valence-electron chi connectivity index (χ4n) is 9.59. The highest BCUT2D eigenvalue weighted by Gasteiger charge is 2.27. The molecule has 0 spiro atoms. The van der Waals surface area contributed by atoms with Crippen LogP contribution in [0.1, 0.15) is 0 Å². The molecule has 0 amide bonds. The smallest absolute Gasteiger partial charge is 0.0542 e. The van der Waals surface area contributed by atoms with Gasteiger partial charge in [-0.2, -0.15) is 0 Å². The van der Waals surface area contributed by atoms with Gasteiger partial charge in [0.15, 0.2) is 0 Å². The Morgan fingerprint density at radius 3 is 1.78 bits per heavy atom. The minimum Gasteiger partial charge on any atom is -0.310 e. The van der Waals surface area contributed by atoms with Gasteiger partial charge in [-0.25, -0.2) is 0 Å². The van der Waals surface area contributed by atoms with Gasteiger partial charge in [-0.1, -0.05) is 164 Å². The number of hydrogen-bond acceptors (Lipinski definition) is 1. The zero-order chi connectivity index (χ0) is 38.2. The van der Waals surface area contributed by atoms with Crippen LogP contribution >= 0.6 is 0 Å². The maximum absolute atomic E-state index is 2.47. The Labute approximate surface area is 337 Å². The van der Waals surface area contributed by atoms with Crippen LogP contribution in [0.4, 0.5) is 17.1 Å². The van der Waals surface area contributed by atoms with Gasteiger partial charge in [-0.15, -0.1) is 0 Å². The predicted octanol–water partition coefficient (Wildman–Crippen LogP) is 15.5. The third kappa shape index (κ3) is 4.92. The lowest BCUT2D eigenvalue weighted by Gasteiger charge is -2.28. The standard InChI is InChI=1S/C56H36N2/c1-3-16-37(17-4-1)43-22-9-12-27-51(43)57(41-30-32-46-48-26-15-21-40-34-39-20-7-8-24-45(39)56(55(40)48)50(46)36-41)42-31-33-54-49(35-42)47-25-11-14-29-53(47)58(54)52-28-13-10-23-44(52)38-18-5-2-6-19-38/h1-36H. The molecule has 0 unspecified atom stereocenters. The number of rotatable bonds is 6. The van der Waals surface area contributed by atoms with E-state index in [4.69, 9.17) is 0 Å². The molecule has 2 heteroatoms. The summed E-state index contributed by atoms with van der Waals surface area (Å²) in [6.07, 6.45) is 0. The van der Waals surface area contributed by atoms with Crippen molar-refractivity contribution in [3.63, 3.8) is 0 Å². The zero-order valence-corrected chi connectivity index (χ0v) is 31.7. The van der Waals surface area contributed by atoms with Crippen LogP contribution in [-0.2, 0) is 0 Å². The molecule has 0 saturated heterocycles. The molecule has 0 fully saturated rings. The molecule has 1 aliphatic rings. The molecule has 0 bridgehead atoms. The molecule has 58 heavy (non-hydrogen) atoms. The second-order valence-electron chi connectivity index (χ2n) is 15.3. The molecule has 1 aromatic heterocycles. The first kappa shape index (κ1) is 32.6. The van der Waals surface area contributed by atoms with Crippen molar-refractivity contribution >= 4 is 60.4 Å². The Morgan fingerprint density at radius 2 is 0.931 bits per heavy atom. The third-order valence-corrected chi connectivity index (χ3v) is 12.1. The Kier molecular flexibility index (Phi) is 7.26. The highest BCUT2D eigenvalue weighted by molar-refractivity contribution is 6.24. The lowest BCUT2D eigenvalue weighted by Crippen LogP contribution is -2.11. The molecule has 0 aliphatic heterocycles. The third-order valence-electron chi connectivity index (χ3n) is 12.1. The van der Waals surface area contributed by atoms with Crippen LogP contribution in [0.2, 0.25) is 0 Å². The molecule has 10 aromatic carbocycles. The first-order chi connectivity index (χ1) is 28.8. The summed E-state index contributed by atoms with van der Waals surface area (Å²) in [6, 6.07) is 80.0. The molecule has 12 rings (SSSR count). The summed E-state index contributed by atoms with van der Waals surface area (Å²) in [5.41, 5.74) is 16.8. The average molecular weight is 737 g/mol. The van der Waals surface area contributed by atoms with E-state index >= 15 is 0 Å². The summed E-state index contributed by atoms with van der Waals surface area (Å²) < 4.78 is 2.44. The van der Waals surface area contributed by atoms with E-state index in [0.717, 1.165) is 17.1 Å². The number of anilines is 3. The van der Waals surface area contributed by atoms with E-state index in [2.05, 4.69) is 228 Å². The second kappa shape index (κ2) is 12.9. The summed E-state index contributed by atoms with van der Waals surface area (Å²) in [7, 11) is 0. The quantitative estimate of drug-likeness (QED) is 0.154. The molecule has 1 aliphatic carbocycles. The van der Waals surface area contributed by atoms with Gasteiger partial charge < -0.3 is 9.47 Å².